The Kier molecular flexibility index (Phi) is 4.48. The smallest absolute Gasteiger partial charge is 0.327 e. The summed E-state index contributed by atoms with van der Waals surface area (Å²) in [4.78, 5) is 24.8. The Labute approximate surface area is 120 Å². The first-order valence-electron chi connectivity index (χ1n) is 6.28. The molecule has 1 aromatic heterocycles. The molecular formula is C11H17N5O3S. The third kappa shape index (κ3) is 2.87. The molecule has 0 saturated carbocycles. The van der Waals surface area contributed by atoms with Gasteiger partial charge in [-0.3, -0.25) is 4.90 Å². The second-order valence-electron chi connectivity index (χ2n) is 4.47. The second-order valence-corrected chi connectivity index (χ2v) is 5.69. The lowest BCUT2D eigenvalue weighted by Crippen LogP contribution is -2.50. The molecule has 0 aromatic carbocycles. The largest absolute Gasteiger partial charge is 0.480 e. The van der Waals surface area contributed by atoms with Crippen molar-refractivity contribution >= 4 is 23.8 Å². The van der Waals surface area contributed by atoms with E-state index in [0.29, 0.717) is 18.0 Å². The van der Waals surface area contributed by atoms with E-state index in [4.69, 9.17) is 0 Å². The number of aliphatic carboxylic acids is 1. The molecule has 2 atom stereocenters. The van der Waals surface area contributed by atoms with Crippen molar-refractivity contribution in [1.82, 2.24) is 25.0 Å². The van der Waals surface area contributed by atoms with Crippen molar-refractivity contribution in [2.45, 2.75) is 31.3 Å². The molecule has 1 saturated heterocycles. The average Bonchev–Trinajstić information content (AvgIpc) is 3.01. The molecule has 2 rings (SSSR count). The van der Waals surface area contributed by atoms with Gasteiger partial charge in [0.15, 0.2) is 5.82 Å². The molecule has 1 fully saturated rings. The zero-order valence-electron chi connectivity index (χ0n) is 11.3. The van der Waals surface area contributed by atoms with Gasteiger partial charge in [0.25, 0.3) is 0 Å². The van der Waals surface area contributed by atoms with Crippen molar-refractivity contribution < 1.29 is 14.7 Å². The van der Waals surface area contributed by atoms with Gasteiger partial charge in [0.05, 0.1) is 11.9 Å². The van der Waals surface area contributed by atoms with E-state index in [-0.39, 0.29) is 17.9 Å². The summed E-state index contributed by atoms with van der Waals surface area (Å²) >= 11 is 1.49. The summed E-state index contributed by atoms with van der Waals surface area (Å²) in [5, 5.41) is 19.4. The number of aryl methyl sites for hydroxylation is 1. The number of hydrogen-bond acceptors (Lipinski definition) is 5. The van der Waals surface area contributed by atoms with Gasteiger partial charge in [-0.15, -0.1) is 22.0 Å². The fraction of sp³-hybridized carbons (Fsp3) is 0.636. The van der Waals surface area contributed by atoms with Crippen LogP contribution >= 0.6 is 11.8 Å². The zero-order chi connectivity index (χ0) is 14.7. The highest BCUT2D eigenvalue weighted by molar-refractivity contribution is 8.00. The molecule has 0 spiro atoms. The predicted molar refractivity (Wildman–Crippen MR) is 73.0 cm³/mol. The SMILES string of the molecule is CCC1SCC(C(=O)O)N1C(=O)NCc1nncn1C. The first-order valence-corrected chi connectivity index (χ1v) is 7.33. The van der Waals surface area contributed by atoms with E-state index in [1.807, 2.05) is 6.92 Å². The minimum atomic E-state index is -0.970. The number of aromatic nitrogens is 3. The highest BCUT2D eigenvalue weighted by atomic mass is 32.2. The van der Waals surface area contributed by atoms with Crippen molar-refractivity contribution in [3.05, 3.63) is 12.2 Å². The lowest BCUT2D eigenvalue weighted by atomic mass is 10.3. The Morgan fingerprint density at radius 2 is 2.35 bits per heavy atom. The molecule has 20 heavy (non-hydrogen) atoms. The van der Waals surface area contributed by atoms with Crippen LogP contribution in [0.2, 0.25) is 0 Å². The quantitative estimate of drug-likeness (QED) is 0.827. The summed E-state index contributed by atoms with van der Waals surface area (Å²) in [5.74, 6) is 0.0676. The van der Waals surface area contributed by atoms with Crippen LogP contribution in [0, 0.1) is 0 Å². The number of hydrogen-bond donors (Lipinski definition) is 2. The third-order valence-corrected chi connectivity index (χ3v) is 4.62. The van der Waals surface area contributed by atoms with Crippen LogP contribution in [0.25, 0.3) is 0 Å². The average molecular weight is 299 g/mol. The molecule has 2 heterocycles. The van der Waals surface area contributed by atoms with Crippen molar-refractivity contribution in [1.29, 1.82) is 0 Å². The summed E-state index contributed by atoms with van der Waals surface area (Å²) in [6.07, 6.45) is 2.26. The summed E-state index contributed by atoms with van der Waals surface area (Å²) in [5.41, 5.74) is 0. The fourth-order valence-electron chi connectivity index (χ4n) is 2.05. The summed E-state index contributed by atoms with van der Waals surface area (Å²) < 4.78 is 1.70. The molecule has 1 aromatic rings. The van der Waals surface area contributed by atoms with Crippen molar-refractivity contribution in [2.24, 2.45) is 7.05 Å². The van der Waals surface area contributed by atoms with Gasteiger partial charge in [0, 0.05) is 12.8 Å². The Balaban J connectivity index is 2.02. The van der Waals surface area contributed by atoms with Crippen LogP contribution in [0.1, 0.15) is 19.2 Å². The first kappa shape index (κ1) is 14.6. The number of rotatable bonds is 4. The van der Waals surface area contributed by atoms with Crippen LogP contribution in [0.5, 0.6) is 0 Å². The Morgan fingerprint density at radius 1 is 1.60 bits per heavy atom. The molecule has 2 amide bonds. The molecule has 2 unspecified atom stereocenters. The van der Waals surface area contributed by atoms with Crippen LogP contribution in [-0.4, -0.2) is 53.9 Å². The van der Waals surface area contributed by atoms with Crippen LogP contribution in [0.15, 0.2) is 6.33 Å². The predicted octanol–water partition coefficient (Wildman–Crippen LogP) is 0.263. The number of nitrogens with zero attached hydrogens (tertiary/aromatic N) is 4. The number of amides is 2. The van der Waals surface area contributed by atoms with Gasteiger partial charge in [0.2, 0.25) is 0 Å². The molecule has 110 valence electrons. The molecule has 1 aliphatic rings. The third-order valence-electron chi connectivity index (χ3n) is 3.16. The van der Waals surface area contributed by atoms with Gasteiger partial charge in [-0.25, -0.2) is 9.59 Å². The standard InChI is InChI=1S/C11H17N5O3S/c1-3-9-16(7(5-20-9)10(17)18)11(19)12-4-8-14-13-6-15(8)2/h6-7,9H,3-5H2,1-2H3,(H,12,19)(H,17,18). The molecule has 0 aliphatic carbocycles. The van der Waals surface area contributed by atoms with Gasteiger partial charge >= 0.3 is 12.0 Å². The van der Waals surface area contributed by atoms with Crippen LogP contribution in [0.4, 0.5) is 4.79 Å². The minimum absolute atomic E-state index is 0.101. The van der Waals surface area contributed by atoms with E-state index < -0.39 is 12.0 Å². The van der Waals surface area contributed by atoms with Crippen LogP contribution in [0.3, 0.4) is 0 Å². The van der Waals surface area contributed by atoms with Gasteiger partial charge in [-0.05, 0) is 6.42 Å². The van der Waals surface area contributed by atoms with Crippen molar-refractivity contribution in [2.75, 3.05) is 5.75 Å². The Morgan fingerprint density at radius 3 is 2.90 bits per heavy atom. The van der Waals surface area contributed by atoms with E-state index in [2.05, 4.69) is 15.5 Å². The van der Waals surface area contributed by atoms with E-state index in [1.54, 1.807) is 17.9 Å². The number of carboxylic acid groups (broad SMARTS) is 1. The number of nitrogens with one attached hydrogen (secondary N) is 1. The van der Waals surface area contributed by atoms with E-state index in [0.717, 1.165) is 0 Å². The van der Waals surface area contributed by atoms with E-state index in [9.17, 15) is 14.7 Å². The molecule has 2 N–H and O–H groups in total. The van der Waals surface area contributed by atoms with Crippen molar-refractivity contribution in [3.8, 4) is 0 Å². The summed E-state index contributed by atoms with van der Waals surface area (Å²) in [6.45, 7) is 2.16. The highest BCUT2D eigenvalue weighted by Gasteiger charge is 2.40. The van der Waals surface area contributed by atoms with Gasteiger partial charge < -0.3 is 15.0 Å². The minimum Gasteiger partial charge on any atom is -0.480 e. The van der Waals surface area contributed by atoms with Gasteiger partial charge in [-0.2, -0.15) is 0 Å². The van der Waals surface area contributed by atoms with Gasteiger partial charge in [0.1, 0.15) is 12.4 Å². The summed E-state index contributed by atoms with van der Waals surface area (Å²) in [6, 6.07) is -1.15. The lowest BCUT2D eigenvalue weighted by Gasteiger charge is -2.26. The topological polar surface area (TPSA) is 100 Å². The molecule has 8 nitrogen and oxygen atoms in total. The number of carbonyl (C=O) groups is 2. The summed E-state index contributed by atoms with van der Waals surface area (Å²) in [7, 11) is 1.78. The molecule has 9 heteroatoms. The maximum atomic E-state index is 12.2. The normalized spacial score (nSPS) is 22.0. The Bertz CT molecular complexity index is 506. The van der Waals surface area contributed by atoms with Crippen LogP contribution in [-0.2, 0) is 18.4 Å². The fourth-order valence-corrected chi connectivity index (χ4v) is 3.40. The number of thioether (sulfide) groups is 1. The van der Waals surface area contributed by atoms with Gasteiger partial charge in [-0.1, -0.05) is 6.92 Å². The molecule has 0 radical (unpaired) electrons. The molecule has 1 aliphatic heterocycles. The highest BCUT2D eigenvalue weighted by Crippen LogP contribution is 2.31. The second kappa shape index (κ2) is 6.12. The van der Waals surface area contributed by atoms with Crippen molar-refractivity contribution in [3.63, 3.8) is 0 Å². The Hall–Kier alpha value is -1.77. The number of urea groups is 1. The van der Waals surface area contributed by atoms with E-state index in [1.165, 1.54) is 16.7 Å². The zero-order valence-corrected chi connectivity index (χ0v) is 12.1. The molecular weight excluding hydrogens is 282 g/mol. The molecule has 0 bridgehead atoms. The first-order chi connectivity index (χ1) is 9.54. The van der Waals surface area contributed by atoms with Crippen LogP contribution < -0.4 is 5.32 Å². The maximum absolute atomic E-state index is 12.2. The number of carbonyl (C=O) groups excluding carboxylic acids is 1. The van der Waals surface area contributed by atoms with E-state index >= 15 is 0 Å². The number of carboxylic acids is 1. The maximum Gasteiger partial charge on any atom is 0.327 e. The monoisotopic (exact) mass is 299 g/mol. The lowest BCUT2D eigenvalue weighted by molar-refractivity contribution is -0.141.